The molecule has 3 aromatic rings. The van der Waals surface area contributed by atoms with Gasteiger partial charge in [0.15, 0.2) is 0 Å². The molecule has 1 aromatic heterocycles. The number of aryl methyl sites for hydroxylation is 1. The number of rotatable bonds is 4. The Balaban J connectivity index is 1.80. The first-order chi connectivity index (χ1) is 15.4. The van der Waals surface area contributed by atoms with E-state index in [4.69, 9.17) is 9.47 Å². The van der Waals surface area contributed by atoms with Crippen molar-refractivity contribution >= 4 is 5.57 Å². The highest BCUT2D eigenvalue weighted by molar-refractivity contribution is 5.88. The second-order valence-electron chi connectivity index (χ2n) is 7.72. The predicted octanol–water partition coefficient (Wildman–Crippen LogP) is 4.19. The summed E-state index contributed by atoms with van der Waals surface area (Å²) in [4.78, 5) is 19.8. The van der Waals surface area contributed by atoms with Crippen LogP contribution in [-0.4, -0.2) is 17.1 Å². The Morgan fingerprint density at radius 1 is 1.28 bits per heavy atom. The number of benzene rings is 2. The molecule has 0 bridgehead atoms. The summed E-state index contributed by atoms with van der Waals surface area (Å²) >= 11 is 0. The molecule has 0 radical (unpaired) electrons. The molecule has 0 amide bonds. The smallest absolute Gasteiger partial charge is 0.254 e. The lowest BCUT2D eigenvalue weighted by atomic mass is 9.89. The number of fused-ring (bicyclic) bond motifs is 2. The topological polar surface area (TPSA) is 88.0 Å². The third kappa shape index (κ3) is 4.05. The minimum atomic E-state index is -0.402. The molecule has 0 unspecified atom stereocenters. The van der Waals surface area contributed by atoms with Crippen LogP contribution in [0.3, 0.4) is 0 Å². The number of aromatic nitrogens is 2. The summed E-state index contributed by atoms with van der Waals surface area (Å²) in [5, 5.41) is 9.59. The first-order valence-corrected chi connectivity index (χ1v) is 10.1. The van der Waals surface area contributed by atoms with Crippen LogP contribution in [0.15, 0.2) is 46.8 Å². The van der Waals surface area contributed by atoms with E-state index in [9.17, 15) is 14.4 Å². The molecule has 2 aromatic carbocycles. The molecule has 1 N–H and O–H groups in total. The van der Waals surface area contributed by atoms with Crippen LogP contribution in [0.4, 0.5) is 4.39 Å². The van der Waals surface area contributed by atoms with Gasteiger partial charge in [0.05, 0.1) is 18.4 Å². The Bertz CT molecular complexity index is 1340. The molecule has 0 atom stereocenters. The fraction of sp³-hybridized carbons (Fsp3) is 0.240. The number of allylic oxidation sites excluding steroid dienone is 1. The van der Waals surface area contributed by atoms with Crippen molar-refractivity contribution in [3.8, 4) is 11.8 Å². The maximum Gasteiger partial charge on any atom is 0.254 e. The number of hydrogen-bond acceptors (Lipinski definition) is 5. The molecule has 1 aliphatic heterocycles. The van der Waals surface area contributed by atoms with Crippen molar-refractivity contribution in [2.45, 2.75) is 33.5 Å². The summed E-state index contributed by atoms with van der Waals surface area (Å²) in [6.07, 6.45) is 0.368. The zero-order valence-electron chi connectivity index (χ0n) is 18.1. The minimum absolute atomic E-state index is 0.195. The Kier molecular flexibility index (Phi) is 5.89. The largest absolute Gasteiger partial charge is 0.488 e. The van der Waals surface area contributed by atoms with Crippen molar-refractivity contribution in [1.29, 1.82) is 5.26 Å². The Hall–Kier alpha value is -3.76. The van der Waals surface area contributed by atoms with E-state index < -0.39 is 5.82 Å². The van der Waals surface area contributed by atoms with Gasteiger partial charge in [-0.15, -0.1) is 0 Å². The van der Waals surface area contributed by atoms with E-state index in [1.165, 1.54) is 12.1 Å². The lowest BCUT2D eigenvalue weighted by Gasteiger charge is -2.13. The quantitative estimate of drug-likeness (QED) is 0.626. The van der Waals surface area contributed by atoms with Crippen LogP contribution >= 0.6 is 0 Å². The van der Waals surface area contributed by atoms with Crippen LogP contribution < -0.4 is 10.3 Å². The molecule has 0 saturated heterocycles. The van der Waals surface area contributed by atoms with Gasteiger partial charge in [0, 0.05) is 41.9 Å². The van der Waals surface area contributed by atoms with Crippen molar-refractivity contribution in [2.75, 3.05) is 7.11 Å². The lowest BCUT2D eigenvalue weighted by molar-refractivity contribution is 0.180. The van der Waals surface area contributed by atoms with Crippen molar-refractivity contribution in [3.63, 3.8) is 0 Å². The van der Waals surface area contributed by atoms with E-state index in [2.05, 4.69) is 16.0 Å². The number of halogens is 1. The van der Waals surface area contributed by atoms with Crippen LogP contribution in [0, 0.1) is 24.1 Å². The molecule has 6 nitrogen and oxygen atoms in total. The molecule has 0 saturated carbocycles. The van der Waals surface area contributed by atoms with Crippen LogP contribution in [0.5, 0.6) is 5.75 Å². The third-order valence-corrected chi connectivity index (χ3v) is 5.46. The summed E-state index contributed by atoms with van der Waals surface area (Å²) in [6, 6.07) is 12.3. The lowest BCUT2D eigenvalue weighted by Crippen LogP contribution is -2.20. The maximum atomic E-state index is 13.8. The van der Waals surface area contributed by atoms with Gasteiger partial charge in [0.25, 0.3) is 5.56 Å². The number of H-pyrrole nitrogens is 1. The van der Waals surface area contributed by atoms with Gasteiger partial charge in [-0.1, -0.05) is 18.2 Å². The molecule has 4 rings (SSSR count). The molecule has 0 spiro atoms. The standard InChI is InChI=1S/C25H22FN3O3/c1-14(11-27)24-19-6-4-16(9-21-22(13-31-3)28-15(2)29-25(21)30)8-17(19)12-32-23-10-18(26)5-7-20(23)24/h4-8,10H,9,12-13H2,1-3H3,(H,28,29,30)/b24-14-. The Morgan fingerprint density at radius 3 is 2.81 bits per heavy atom. The van der Waals surface area contributed by atoms with Gasteiger partial charge in [-0.3, -0.25) is 4.79 Å². The van der Waals surface area contributed by atoms with Crippen molar-refractivity contribution in [1.82, 2.24) is 9.97 Å². The van der Waals surface area contributed by atoms with E-state index in [0.717, 1.165) is 22.3 Å². The highest BCUT2D eigenvalue weighted by Crippen LogP contribution is 2.39. The van der Waals surface area contributed by atoms with E-state index in [1.807, 2.05) is 18.2 Å². The molecule has 32 heavy (non-hydrogen) atoms. The minimum Gasteiger partial charge on any atom is -0.488 e. The fourth-order valence-corrected chi connectivity index (χ4v) is 4.01. The van der Waals surface area contributed by atoms with Crippen LogP contribution in [0.1, 0.15) is 46.3 Å². The monoisotopic (exact) mass is 431 g/mol. The first kappa shape index (κ1) is 21.5. The number of methoxy groups -OCH3 is 1. The summed E-state index contributed by atoms with van der Waals surface area (Å²) < 4.78 is 25.0. The predicted molar refractivity (Wildman–Crippen MR) is 118 cm³/mol. The van der Waals surface area contributed by atoms with E-state index in [0.29, 0.717) is 40.4 Å². The Morgan fingerprint density at radius 2 is 2.06 bits per heavy atom. The van der Waals surface area contributed by atoms with Gasteiger partial charge in [0.2, 0.25) is 0 Å². The zero-order valence-corrected chi connectivity index (χ0v) is 18.1. The van der Waals surface area contributed by atoms with Crippen LogP contribution in [0.25, 0.3) is 5.57 Å². The number of nitrogens with one attached hydrogen (secondary N) is 1. The van der Waals surface area contributed by atoms with E-state index in [-0.39, 0.29) is 18.8 Å². The van der Waals surface area contributed by atoms with Crippen molar-refractivity contribution in [2.24, 2.45) is 0 Å². The summed E-state index contributed by atoms with van der Waals surface area (Å²) in [6.45, 7) is 3.93. The first-order valence-electron chi connectivity index (χ1n) is 10.1. The summed E-state index contributed by atoms with van der Waals surface area (Å²) in [5.74, 6) is 0.530. The average Bonchev–Trinajstić information content (AvgIpc) is 2.92. The van der Waals surface area contributed by atoms with Crippen LogP contribution in [0.2, 0.25) is 0 Å². The summed E-state index contributed by atoms with van der Waals surface area (Å²) in [5.41, 5.74) is 5.46. The highest BCUT2D eigenvalue weighted by Gasteiger charge is 2.22. The maximum absolute atomic E-state index is 13.8. The molecule has 1 aliphatic rings. The van der Waals surface area contributed by atoms with Gasteiger partial charge < -0.3 is 14.5 Å². The second kappa shape index (κ2) is 8.77. The third-order valence-electron chi connectivity index (χ3n) is 5.46. The van der Waals surface area contributed by atoms with E-state index in [1.54, 1.807) is 27.0 Å². The Labute approximate surface area is 185 Å². The number of nitrogens with zero attached hydrogens (tertiary/aromatic N) is 2. The molecule has 0 fully saturated rings. The molecular formula is C25H22FN3O3. The molecule has 162 valence electrons. The molecular weight excluding hydrogens is 409 g/mol. The normalized spacial score (nSPS) is 14.0. The summed E-state index contributed by atoms with van der Waals surface area (Å²) in [7, 11) is 1.56. The zero-order chi connectivity index (χ0) is 22.8. The second-order valence-corrected chi connectivity index (χ2v) is 7.72. The molecule has 2 heterocycles. The number of aromatic amines is 1. The van der Waals surface area contributed by atoms with Crippen LogP contribution in [-0.2, 0) is 24.4 Å². The van der Waals surface area contributed by atoms with Gasteiger partial charge in [0.1, 0.15) is 24.0 Å². The number of ether oxygens (including phenoxy) is 2. The van der Waals surface area contributed by atoms with Crippen molar-refractivity contribution in [3.05, 3.63) is 97.5 Å². The van der Waals surface area contributed by atoms with Crippen molar-refractivity contribution < 1.29 is 13.9 Å². The number of nitriles is 1. The fourth-order valence-electron chi connectivity index (χ4n) is 4.01. The van der Waals surface area contributed by atoms with E-state index >= 15 is 0 Å². The molecule has 7 heteroatoms. The SMILES string of the molecule is COCc1nc(C)[nH]c(=O)c1Cc1ccc2c(c1)COc1cc(F)ccc1/C2=C(/C)C#N. The van der Waals surface area contributed by atoms with Gasteiger partial charge in [-0.2, -0.15) is 5.26 Å². The van der Waals surface area contributed by atoms with Gasteiger partial charge in [-0.25, -0.2) is 9.37 Å². The highest BCUT2D eigenvalue weighted by atomic mass is 19.1. The molecule has 0 aliphatic carbocycles. The average molecular weight is 431 g/mol. The number of hydrogen-bond donors (Lipinski definition) is 1. The van der Waals surface area contributed by atoms with Gasteiger partial charge in [-0.05, 0) is 42.7 Å². The van der Waals surface area contributed by atoms with Gasteiger partial charge >= 0.3 is 0 Å².